The fourth-order valence-corrected chi connectivity index (χ4v) is 3.38. The number of aryl methyl sites for hydroxylation is 2. The summed E-state index contributed by atoms with van der Waals surface area (Å²) in [6.07, 6.45) is -1.05. The molecule has 0 aliphatic carbocycles. The SMILES string of the molecule is COc1ccc(C)cc1NC(=O)C(C)OC(=O)c1c(C)nn(Cc2ccccc2)c1Cl. The number of benzene rings is 2. The van der Waals surface area contributed by atoms with Gasteiger partial charge in [-0.05, 0) is 44.0 Å². The second kappa shape index (κ2) is 9.66. The van der Waals surface area contributed by atoms with Crippen LogP contribution in [0.1, 0.15) is 34.1 Å². The Bertz CT molecular complexity index is 1100. The van der Waals surface area contributed by atoms with Crippen molar-refractivity contribution in [2.24, 2.45) is 0 Å². The first kappa shape index (κ1) is 22.4. The average Bonchev–Trinajstić information content (AvgIpc) is 3.01. The Morgan fingerprint density at radius 2 is 1.87 bits per heavy atom. The number of esters is 1. The van der Waals surface area contributed by atoms with Gasteiger partial charge in [0.1, 0.15) is 16.5 Å². The maximum atomic E-state index is 12.7. The Morgan fingerprint density at radius 3 is 2.55 bits per heavy atom. The average molecular weight is 442 g/mol. The first-order chi connectivity index (χ1) is 14.8. The topological polar surface area (TPSA) is 82.4 Å². The minimum absolute atomic E-state index is 0.144. The third-order valence-corrected chi connectivity index (χ3v) is 5.09. The van der Waals surface area contributed by atoms with E-state index in [2.05, 4.69) is 10.4 Å². The summed E-state index contributed by atoms with van der Waals surface area (Å²) in [5, 5.41) is 7.24. The molecule has 0 fully saturated rings. The number of hydrogen-bond donors (Lipinski definition) is 1. The van der Waals surface area contributed by atoms with Crippen LogP contribution in [0.5, 0.6) is 5.75 Å². The van der Waals surface area contributed by atoms with Gasteiger partial charge in [0.05, 0.1) is 25.0 Å². The van der Waals surface area contributed by atoms with Crippen LogP contribution in [0.3, 0.4) is 0 Å². The summed E-state index contributed by atoms with van der Waals surface area (Å²) in [6.45, 7) is 5.48. The molecule has 0 aliphatic heterocycles. The highest BCUT2D eigenvalue weighted by Crippen LogP contribution is 2.26. The molecule has 1 aromatic heterocycles. The normalized spacial score (nSPS) is 11.6. The third-order valence-electron chi connectivity index (χ3n) is 4.71. The van der Waals surface area contributed by atoms with E-state index >= 15 is 0 Å². The number of aromatic nitrogens is 2. The zero-order chi connectivity index (χ0) is 22.5. The van der Waals surface area contributed by atoms with Crippen LogP contribution in [-0.4, -0.2) is 34.9 Å². The molecule has 1 heterocycles. The summed E-state index contributed by atoms with van der Waals surface area (Å²) in [4.78, 5) is 25.3. The molecule has 0 saturated carbocycles. The lowest BCUT2D eigenvalue weighted by molar-refractivity contribution is -0.123. The van der Waals surface area contributed by atoms with Gasteiger partial charge in [-0.2, -0.15) is 5.10 Å². The van der Waals surface area contributed by atoms with Gasteiger partial charge < -0.3 is 14.8 Å². The Morgan fingerprint density at radius 1 is 1.16 bits per heavy atom. The molecule has 0 saturated heterocycles. The summed E-state index contributed by atoms with van der Waals surface area (Å²) >= 11 is 6.41. The number of methoxy groups -OCH3 is 1. The van der Waals surface area contributed by atoms with Crippen molar-refractivity contribution in [1.29, 1.82) is 0 Å². The minimum atomic E-state index is -1.05. The third kappa shape index (κ3) is 5.24. The first-order valence-electron chi connectivity index (χ1n) is 9.73. The number of carbonyl (C=O) groups is 2. The summed E-state index contributed by atoms with van der Waals surface area (Å²) < 4.78 is 12.2. The molecule has 0 aliphatic rings. The van der Waals surface area contributed by atoms with Gasteiger partial charge in [0.25, 0.3) is 5.91 Å². The summed E-state index contributed by atoms with van der Waals surface area (Å²) in [7, 11) is 1.52. The highest BCUT2D eigenvalue weighted by Gasteiger charge is 2.26. The Hall–Kier alpha value is -3.32. The smallest absolute Gasteiger partial charge is 0.343 e. The molecule has 3 rings (SSSR count). The summed E-state index contributed by atoms with van der Waals surface area (Å²) in [5.74, 6) is -0.679. The predicted molar refractivity (Wildman–Crippen MR) is 119 cm³/mol. The zero-order valence-electron chi connectivity index (χ0n) is 17.8. The molecule has 0 radical (unpaired) electrons. The molecule has 31 heavy (non-hydrogen) atoms. The van der Waals surface area contributed by atoms with Gasteiger partial charge >= 0.3 is 5.97 Å². The molecule has 2 aromatic carbocycles. The number of ether oxygens (including phenoxy) is 2. The first-order valence-corrected chi connectivity index (χ1v) is 10.1. The minimum Gasteiger partial charge on any atom is -0.495 e. The van der Waals surface area contributed by atoms with Gasteiger partial charge in [-0.1, -0.05) is 48.0 Å². The summed E-state index contributed by atoms with van der Waals surface area (Å²) in [5.41, 5.74) is 3.02. The number of carbonyl (C=O) groups excluding carboxylic acids is 2. The van der Waals surface area contributed by atoms with E-state index in [1.54, 1.807) is 19.1 Å². The van der Waals surface area contributed by atoms with Gasteiger partial charge in [-0.3, -0.25) is 4.79 Å². The van der Waals surface area contributed by atoms with E-state index in [0.29, 0.717) is 23.7 Å². The molecule has 0 bridgehead atoms. The summed E-state index contributed by atoms with van der Waals surface area (Å²) in [6, 6.07) is 15.0. The van der Waals surface area contributed by atoms with Gasteiger partial charge in [0.2, 0.25) is 0 Å². The molecule has 7 nitrogen and oxygen atoms in total. The van der Waals surface area contributed by atoms with Crippen LogP contribution in [0.2, 0.25) is 5.15 Å². The number of nitrogens with one attached hydrogen (secondary N) is 1. The number of nitrogens with zero attached hydrogens (tertiary/aromatic N) is 2. The van der Waals surface area contributed by atoms with Crippen molar-refractivity contribution in [3.63, 3.8) is 0 Å². The largest absolute Gasteiger partial charge is 0.495 e. The van der Waals surface area contributed by atoms with Crippen LogP contribution < -0.4 is 10.1 Å². The molecule has 1 atom stereocenters. The lowest BCUT2D eigenvalue weighted by Gasteiger charge is -2.15. The number of anilines is 1. The molecular weight excluding hydrogens is 418 g/mol. The standard InChI is InChI=1S/C23H24ClN3O4/c1-14-10-11-19(30-4)18(12-14)25-22(28)16(3)31-23(29)20-15(2)26-27(21(20)24)13-17-8-6-5-7-9-17/h5-12,16H,13H2,1-4H3,(H,25,28). The predicted octanol–water partition coefficient (Wildman–Crippen LogP) is 4.39. The van der Waals surface area contributed by atoms with Gasteiger partial charge in [-0.25, -0.2) is 9.48 Å². The number of rotatable bonds is 7. The molecule has 1 amide bonds. The molecule has 1 unspecified atom stereocenters. The molecule has 8 heteroatoms. The molecule has 0 spiro atoms. The van der Waals surface area contributed by atoms with Crippen LogP contribution in [0.15, 0.2) is 48.5 Å². The van der Waals surface area contributed by atoms with Crippen LogP contribution in [-0.2, 0) is 16.1 Å². The van der Waals surface area contributed by atoms with Crippen LogP contribution >= 0.6 is 11.6 Å². The highest BCUT2D eigenvalue weighted by atomic mass is 35.5. The Labute approximate surface area is 185 Å². The van der Waals surface area contributed by atoms with Crippen molar-refractivity contribution in [2.75, 3.05) is 12.4 Å². The number of hydrogen-bond acceptors (Lipinski definition) is 5. The maximum absolute atomic E-state index is 12.7. The van der Waals surface area contributed by atoms with Crippen molar-refractivity contribution in [2.45, 2.75) is 33.4 Å². The van der Waals surface area contributed by atoms with E-state index in [1.165, 1.54) is 18.7 Å². The molecule has 3 aromatic rings. The lowest BCUT2D eigenvalue weighted by Crippen LogP contribution is -2.30. The van der Waals surface area contributed by atoms with Crippen LogP contribution in [0.25, 0.3) is 0 Å². The van der Waals surface area contributed by atoms with E-state index < -0.39 is 18.0 Å². The molecule has 1 N–H and O–H groups in total. The van der Waals surface area contributed by atoms with E-state index in [0.717, 1.165) is 11.1 Å². The quantitative estimate of drug-likeness (QED) is 0.549. The van der Waals surface area contributed by atoms with E-state index in [-0.39, 0.29) is 10.7 Å². The van der Waals surface area contributed by atoms with Crippen molar-refractivity contribution in [3.05, 3.63) is 76.1 Å². The van der Waals surface area contributed by atoms with Crippen molar-refractivity contribution in [1.82, 2.24) is 9.78 Å². The second-order valence-electron chi connectivity index (χ2n) is 7.13. The van der Waals surface area contributed by atoms with E-state index in [4.69, 9.17) is 21.1 Å². The fourth-order valence-electron chi connectivity index (χ4n) is 3.07. The Balaban J connectivity index is 1.71. The number of amides is 1. The maximum Gasteiger partial charge on any atom is 0.343 e. The van der Waals surface area contributed by atoms with Crippen molar-refractivity contribution < 1.29 is 19.1 Å². The van der Waals surface area contributed by atoms with E-state index in [9.17, 15) is 9.59 Å². The fraction of sp³-hybridized carbons (Fsp3) is 0.261. The monoisotopic (exact) mass is 441 g/mol. The zero-order valence-corrected chi connectivity index (χ0v) is 18.6. The molecular formula is C23H24ClN3O4. The molecule has 162 valence electrons. The second-order valence-corrected chi connectivity index (χ2v) is 7.49. The van der Waals surface area contributed by atoms with Gasteiger partial charge in [-0.15, -0.1) is 0 Å². The highest BCUT2D eigenvalue weighted by molar-refractivity contribution is 6.32. The van der Waals surface area contributed by atoms with Gasteiger partial charge in [0, 0.05) is 0 Å². The van der Waals surface area contributed by atoms with Gasteiger partial charge in [0.15, 0.2) is 6.10 Å². The van der Waals surface area contributed by atoms with Crippen molar-refractivity contribution in [3.8, 4) is 5.75 Å². The van der Waals surface area contributed by atoms with Crippen LogP contribution in [0, 0.1) is 13.8 Å². The van der Waals surface area contributed by atoms with Crippen LogP contribution in [0.4, 0.5) is 5.69 Å². The van der Waals surface area contributed by atoms with Crippen molar-refractivity contribution >= 4 is 29.2 Å². The van der Waals surface area contributed by atoms with E-state index in [1.807, 2.05) is 43.3 Å². The lowest BCUT2D eigenvalue weighted by atomic mass is 10.2. The number of halogens is 1. The Kier molecular flexibility index (Phi) is 6.97.